The summed E-state index contributed by atoms with van der Waals surface area (Å²) in [7, 11) is 1.24. The van der Waals surface area contributed by atoms with Gasteiger partial charge in [0.05, 0.1) is 17.6 Å². The zero-order valence-electron chi connectivity index (χ0n) is 8.60. The van der Waals surface area contributed by atoms with Gasteiger partial charge in [-0.25, -0.2) is 4.79 Å². The molecule has 0 bridgehead atoms. The fourth-order valence-electron chi connectivity index (χ4n) is 1.19. The van der Waals surface area contributed by atoms with E-state index in [1.807, 2.05) is 0 Å². The smallest absolute Gasteiger partial charge is 0.338 e. The fraction of sp³-hybridized carbons (Fsp3) is 0.0909. The van der Waals surface area contributed by atoms with Gasteiger partial charge >= 0.3 is 5.97 Å². The first-order chi connectivity index (χ1) is 7.60. The first-order valence-electron chi connectivity index (χ1n) is 4.32. The number of carbonyl (C=O) groups excluding carboxylic acids is 1. The molecule has 0 N–H and O–H groups in total. The molecule has 0 fully saturated rings. The molecule has 82 valence electrons. The van der Waals surface area contributed by atoms with Crippen molar-refractivity contribution in [1.82, 2.24) is 0 Å². The van der Waals surface area contributed by atoms with E-state index in [1.165, 1.54) is 31.4 Å². The Labute approximate surface area is 91.8 Å². The second-order valence-corrected chi connectivity index (χ2v) is 2.87. The van der Waals surface area contributed by atoms with Crippen LogP contribution in [-0.2, 0) is 4.74 Å². The van der Waals surface area contributed by atoms with Gasteiger partial charge in [0.25, 0.3) is 5.69 Å². The zero-order chi connectivity index (χ0) is 12.1. The van der Waals surface area contributed by atoms with Crippen LogP contribution in [0.1, 0.15) is 15.9 Å². The molecular formula is C11H9NO4. The molecule has 0 aliphatic rings. The van der Waals surface area contributed by atoms with E-state index in [9.17, 15) is 14.9 Å². The number of nitro groups is 1. The molecule has 0 aromatic heterocycles. The number of ether oxygens (including phenoxy) is 1. The monoisotopic (exact) mass is 219 g/mol. The van der Waals surface area contributed by atoms with Crippen molar-refractivity contribution < 1.29 is 14.5 Å². The summed E-state index contributed by atoms with van der Waals surface area (Å²) >= 11 is 0. The molecule has 5 nitrogen and oxygen atoms in total. The van der Waals surface area contributed by atoms with E-state index < -0.39 is 10.9 Å². The molecule has 0 saturated carbocycles. The lowest BCUT2D eigenvalue weighted by Gasteiger charge is -2.02. The maximum Gasteiger partial charge on any atom is 0.338 e. The van der Waals surface area contributed by atoms with E-state index in [4.69, 9.17) is 0 Å². The average molecular weight is 219 g/mol. The van der Waals surface area contributed by atoms with Gasteiger partial charge in [0.15, 0.2) is 0 Å². The van der Waals surface area contributed by atoms with Gasteiger partial charge in [-0.2, -0.15) is 0 Å². The second-order valence-electron chi connectivity index (χ2n) is 2.87. The van der Waals surface area contributed by atoms with Crippen molar-refractivity contribution in [2.75, 3.05) is 7.11 Å². The van der Waals surface area contributed by atoms with Gasteiger partial charge < -0.3 is 4.74 Å². The molecular weight excluding hydrogens is 210 g/mol. The summed E-state index contributed by atoms with van der Waals surface area (Å²) in [6, 6.07) is 3.85. The van der Waals surface area contributed by atoms with E-state index in [2.05, 4.69) is 17.0 Å². The molecule has 0 amide bonds. The first kappa shape index (κ1) is 11.7. The highest BCUT2D eigenvalue weighted by molar-refractivity contribution is 5.94. The van der Waals surface area contributed by atoms with Gasteiger partial charge in [-0.05, 0) is 12.1 Å². The minimum absolute atomic E-state index is 0.103. The number of hydrogen-bond acceptors (Lipinski definition) is 4. The number of hydrogen-bond donors (Lipinski definition) is 0. The van der Waals surface area contributed by atoms with Gasteiger partial charge in [-0.15, -0.1) is 5.73 Å². The van der Waals surface area contributed by atoms with Gasteiger partial charge in [0.2, 0.25) is 0 Å². The summed E-state index contributed by atoms with van der Waals surface area (Å²) in [5.41, 5.74) is 2.96. The molecule has 0 heterocycles. The summed E-state index contributed by atoms with van der Waals surface area (Å²) in [5, 5.41) is 10.5. The number of non-ortho nitro benzene ring substituents is 1. The number of nitrogens with zero attached hydrogens (tertiary/aromatic N) is 1. The van der Waals surface area contributed by atoms with Crippen LogP contribution in [0, 0.1) is 10.1 Å². The molecule has 0 atom stereocenters. The van der Waals surface area contributed by atoms with Crippen LogP contribution >= 0.6 is 0 Å². The Morgan fingerprint density at radius 2 is 2.31 bits per heavy atom. The van der Waals surface area contributed by atoms with E-state index in [-0.39, 0.29) is 11.3 Å². The number of carbonyl (C=O) groups is 1. The zero-order valence-corrected chi connectivity index (χ0v) is 8.60. The molecule has 0 saturated heterocycles. The SMILES string of the molecule is C=C=Cc1cc([N+](=O)[O-])ccc1C(=O)OC. The molecule has 1 rings (SSSR count). The fourth-order valence-corrected chi connectivity index (χ4v) is 1.19. The van der Waals surface area contributed by atoms with Crippen LogP contribution in [-0.4, -0.2) is 18.0 Å². The summed E-state index contributed by atoms with van der Waals surface area (Å²) < 4.78 is 4.55. The predicted molar refractivity (Wildman–Crippen MR) is 58.0 cm³/mol. The summed E-state index contributed by atoms with van der Waals surface area (Å²) in [5.74, 6) is -0.559. The van der Waals surface area contributed by atoms with Crippen molar-refractivity contribution in [2.45, 2.75) is 0 Å². The van der Waals surface area contributed by atoms with E-state index in [0.717, 1.165) is 0 Å². The Morgan fingerprint density at radius 3 is 2.81 bits per heavy atom. The van der Waals surface area contributed by atoms with Crippen LogP contribution in [0.25, 0.3) is 6.08 Å². The molecule has 1 aromatic carbocycles. The third-order valence-electron chi connectivity index (χ3n) is 1.91. The van der Waals surface area contributed by atoms with Crippen molar-refractivity contribution in [3.63, 3.8) is 0 Å². The lowest BCUT2D eigenvalue weighted by atomic mass is 10.1. The molecule has 5 heteroatoms. The van der Waals surface area contributed by atoms with E-state index in [1.54, 1.807) is 0 Å². The topological polar surface area (TPSA) is 69.4 Å². The Bertz CT molecular complexity index is 487. The minimum atomic E-state index is -0.559. The minimum Gasteiger partial charge on any atom is -0.465 e. The van der Waals surface area contributed by atoms with Crippen molar-refractivity contribution in [3.8, 4) is 0 Å². The highest BCUT2D eigenvalue weighted by Crippen LogP contribution is 2.19. The predicted octanol–water partition coefficient (Wildman–Crippen LogP) is 2.18. The average Bonchev–Trinajstić information content (AvgIpc) is 2.28. The van der Waals surface area contributed by atoms with Crippen molar-refractivity contribution in [2.24, 2.45) is 0 Å². The maximum atomic E-state index is 11.3. The van der Waals surface area contributed by atoms with E-state index in [0.29, 0.717) is 5.56 Å². The lowest BCUT2D eigenvalue weighted by Crippen LogP contribution is -2.04. The van der Waals surface area contributed by atoms with Crippen LogP contribution < -0.4 is 0 Å². The molecule has 0 aliphatic heterocycles. The summed E-state index contributed by atoms with van der Waals surface area (Å²) in [4.78, 5) is 21.3. The van der Waals surface area contributed by atoms with Crippen molar-refractivity contribution in [1.29, 1.82) is 0 Å². The summed E-state index contributed by atoms with van der Waals surface area (Å²) in [6.07, 6.45) is 1.39. The van der Waals surface area contributed by atoms with Gasteiger partial charge in [-0.3, -0.25) is 10.1 Å². The number of benzene rings is 1. The quantitative estimate of drug-likeness (QED) is 0.338. The molecule has 0 spiro atoms. The largest absolute Gasteiger partial charge is 0.465 e. The molecule has 16 heavy (non-hydrogen) atoms. The molecule has 0 aliphatic carbocycles. The number of methoxy groups -OCH3 is 1. The normalized spacial score (nSPS) is 9.06. The molecule has 0 radical (unpaired) electrons. The Morgan fingerprint density at radius 1 is 1.62 bits per heavy atom. The van der Waals surface area contributed by atoms with Gasteiger partial charge in [0, 0.05) is 17.7 Å². The Balaban J connectivity index is 3.35. The Kier molecular flexibility index (Phi) is 3.58. The highest BCUT2D eigenvalue weighted by Gasteiger charge is 2.14. The van der Waals surface area contributed by atoms with Crippen LogP contribution in [0.5, 0.6) is 0 Å². The van der Waals surface area contributed by atoms with Crippen LogP contribution in [0.3, 0.4) is 0 Å². The van der Waals surface area contributed by atoms with Crippen LogP contribution in [0.2, 0.25) is 0 Å². The van der Waals surface area contributed by atoms with Crippen molar-refractivity contribution in [3.05, 3.63) is 51.8 Å². The second kappa shape index (κ2) is 4.91. The first-order valence-corrected chi connectivity index (χ1v) is 4.32. The molecule has 0 unspecified atom stereocenters. The van der Waals surface area contributed by atoms with E-state index >= 15 is 0 Å². The number of esters is 1. The van der Waals surface area contributed by atoms with Crippen LogP contribution in [0.15, 0.2) is 30.5 Å². The standard InChI is InChI=1S/C11H9NO4/c1-3-4-8-7-9(12(14)15)5-6-10(8)11(13)16-2/h4-7H,1H2,2H3. The van der Waals surface area contributed by atoms with Gasteiger partial charge in [0.1, 0.15) is 0 Å². The Hall–Kier alpha value is -2.39. The molecule has 1 aromatic rings. The number of rotatable bonds is 3. The number of nitro benzene ring substituents is 1. The highest BCUT2D eigenvalue weighted by atomic mass is 16.6. The summed E-state index contributed by atoms with van der Waals surface area (Å²) in [6.45, 7) is 3.35. The van der Waals surface area contributed by atoms with Crippen molar-refractivity contribution >= 4 is 17.7 Å². The van der Waals surface area contributed by atoms with Gasteiger partial charge in [-0.1, -0.05) is 6.58 Å². The third kappa shape index (κ3) is 2.34. The maximum absolute atomic E-state index is 11.3. The third-order valence-corrected chi connectivity index (χ3v) is 1.91. The van der Waals surface area contributed by atoms with Crippen LogP contribution in [0.4, 0.5) is 5.69 Å². The lowest BCUT2D eigenvalue weighted by molar-refractivity contribution is -0.384.